The molecule has 0 saturated carbocycles. The van der Waals surface area contributed by atoms with Crippen LogP contribution in [0.5, 0.6) is 0 Å². The summed E-state index contributed by atoms with van der Waals surface area (Å²) in [5.74, 6) is -1.60. The monoisotopic (exact) mass is 356 g/mol. The summed E-state index contributed by atoms with van der Waals surface area (Å²) in [5.41, 5.74) is 1.95. The van der Waals surface area contributed by atoms with Crippen molar-refractivity contribution in [1.82, 2.24) is 9.38 Å². The molecule has 1 aromatic carbocycles. The molecule has 4 rings (SSSR count). The molecule has 4 nitrogen and oxygen atoms in total. The lowest BCUT2D eigenvalue weighted by Gasteiger charge is -2.24. The second kappa shape index (κ2) is 5.90. The van der Waals surface area contributed by atoms with E-state index in [0.717, 1.165) is 36.4 Å². The molecule has 3 aromatic rings. The highest BCUT2D eigenvalue weighted by atomic mass is 19.1. The van der Waals surface area contributed by atoms with Crippen molar-refractivity contribution in [3.63, 3.8) is 0 Å². The predicted octanol–water partition coefficient (Wildman–Crippen LogP) is 3.82. The van der Waals surface area contributed by atoms with Crippen molar-refractivity contribution >= 4 is 11.4 Å². The zero-order valence-corrected chi connectivity index (χ0v) is 14.5. The van der Waals surface area contributed by atoms with E-state index in [1.165, 1.54) is 16.5 Å². The third kappa shape index (κ3) is 2.48. The van der Waals surface area contributed by atoms with Gasteiger partial charge < -0.3 is 4.98 Å². The van der Waals surface area contributed by atoms with E-state index < -0.39 is 17.4 Å². The van der Waals surface area contributed by atoms with Crippen LogP contribution < -0.4 is 5.56 Å². The molecule has 0 radical (unpaired) electrons. The number of nitrogens with one attached hydrogen (secondary N) is 1. The third-order valence-electron chi connectivity index (χ3n) is 5.11. The van der Waals surface area contributed by atoms with Gasteiger partial charge >= 0.3 is 0 Å². The maximum absolute atomic E-state index is 14.1. The minimum Gasteiger partial charge on any atom is -0.343 e. The first-order chi connectivity index (χ1) is 12.4. The zero-order chi connectivity index (χ0) is 18.6. The van der Waals surface area contributed by atoms with Crippen molar-refractivity contribution in [1.29, 1.82) is 0 Å². The van der Waals surface area contributed by atoms with Crippen molar-refractivity contribution in [2.24, 2.45) is 5.92 Å². The molecule has 6 heteroatoms. The number of hydrogen-bond acceptors (Lipinski definition) is 2. The molecule has 2 unspecified atom stereocenters. The smallest absolute Gasteiger partial charge is 0.256 e. The molecule has 0 aliphatic heterocycles. The number of hydrogen-bond donors (Lipinski definition) is 1. The molecule has 0 amide bonds. The van der Waals surface area contributed by atoms with Crippen LogP contribution in [0.1, 0.15) is 53.5 Å². The minimum atomic E-state index is -0.919. The van der Waals surface area contributed by atoms with Crippen LogP contribution >= 0.6 is 0 Å². The number of halogens is 2. The van der Waals surface area contributed by atoms with Gasteiger partial charge in [-0.2, -0.15) is 0 Å². The van der Waals surface area contributed by atoms with Gasteiger partial charge in [0.05, 0.1) is 11.1 Å². The van der Waals surface area contributed by atoms with Crippen molar-refractivity contribution in [2.45, 2.75) is 32.6 Å². The summed E-state index contributed by atoms with van der Waals surface area (Å²) in [5, 5.41) is 0. The molecule has 2 atom stereocenters. The molecule has 1 aliphatic rings. The number of aromatic nitrogens is 2. The Labute approximate surface area is 148 Å². The van der Waals surface area contributed by atoms with E-state index >= 15 is 0 Å². The summed E-state index contributed by atoms with van der Waals surface area (Å²) in [6.45, 7) is 4.20. The molecular formula is C20H18F2N2O2. The largest absolute Gasteiger partial charge is 0.343 e. The summed E-state index contributed by atoms with van der Waals surface area (Å²) in [6, 6.07) is 5.58. The Morgan fingerprint density at radius 2 is 1.88 bits per heavy atom. The van der Waals surface area contributed by atoms with Gasteiger partial charge in [-0.3, -0.25) is 14.0 Å². The summed E-state index contributed by atoms with van der Waals surface area (Å²) in [4.78, 5) is 28.5. The Morgan fingerprint density at radius 1 is 1.15 bits per heavy atom. The first-order valence-corrected chi connectivity index (χ1v) is 8.63. The number of nitrogens with zero attached hydrogens (tertiary/aromatic N) is 1. The average Bonchev–Trinajstić information content (AvgIpc) is 2.94. The molecule has 0 fully saturated rings. The third-order valence-corrected chi connectivity index (χ3v) is 5.11. The van der Waals surface area contributed by atoms with Crippen LogP contribution in [0.4, 0.5) is 8.78 Å². The second-order valence-corrected chi connectivity index (χ2v) is 7.16. The molecule has 134 valence electrons. The zero-order valence-electron chi connectivity index (χ0n) is 14.5. The normalized spacial score (nSPS) is 19.5. The first-order valence-electron chi connectivity index (χ1n) is 8.63. The van der Waals surface area contributed by atoms with Gasteiger partial charge in [-0.1, -0.05) is 13.8 Å². The predicted molar refractivity (Wildman–Crippen MR) is 93.7 cm³/mol. The van der Waals surface area contributed by atoms with Gasteiger partial charge in [0.25, 0.3) is 5.56 Å². The number of H-pyrrole nitrogens is 1. The fourth-order valence-corrected chi connectivity index (χ4v) is 4.07. The SMILES string of the molecule is CC1Cc2[nH]c3c(C(=O)c4ccc(F)cc4F)ccc(=O)n3c2C(C)C1. The summed E-state index contributed by atoms with van der Waals surface area (Å²) in [6.07, 6.45) is 1.75. The van der Waals surface area contributed by atoms with Crippen LogP contribution in [0, 0.1) is 17.6 Å². The second-order valence-electron chi connectivity index (χ2n) is 7.16. The number of imidazole rings is 1. The van der Waals surface area contributed by atoms with Crippen molar-refractivity contribution in [3.8, 4) is 0 Å². The van der Waals surface area contributed by atoms with Crippen LogP contribution in [-0.4, -0.2) is 15.2 Å². The molecule has 0 saturated heterocycles. The van der Waals surface area contributed by atoms with E-state index in [0.29, 0.717) is 17.6 Å². The maximum Gasteiger partial charge on any atom is 0.256 e. The fraction of sp³-hybridized carbons (Fsp3) is 0.300. The first kappa shape index (κ1) is 16.7. The van der Waals surface area contributed by atoms with Crippen LogP contribution in [0.3, 0.4) is 0 Å². The summed E-state index contributed by atoms with van der Waals surface area (Å²) < 4.78 is 28.7. The quantitative estimate of drug-likeness (QED) is 0.710. The van der Waals surface area contributed by atoms with Crippen LogP contribution in [-0.2, 0) is 6.42 Å². The van der Waals surface area contributed by atoms with E-state index in [2.05, 4.69) is 18.8 Å². The van der Waals surface area contributed by atoms with Gasteiger partial charge in [0.15, 0.2) is 5.78 Å². The molecule has 1 N–H and O–H groups in total. The Kier molecular flexibility index (Phi) is 3.79. The van der Waals surface area contributed by atoms with E-state index in [-0.39, 0.29) is 22.6 Å². The van der Waals surface area contributed by atoms with Crippen LogP contribution in [0.15, 0.2) is 35.1 Å². The van der Waals surface area contributed by atoms with Gasteiger partial charge in [-0.25, -0.2) is 8.78 Å². The number of fused-ring (bicyclic) bond motifs is 3. The Bertz CT molecular complexity index is 1100. The van der Waals surface area contributed by atoms with E-state index in [1.54, 1.807) is 0 Å². The maximum atomic E-state index is 14.1. The topological polar surface area (TPSA) is 54.3 Å². The lowest BCUT2D eigenvalue weighted by Crippen LogP contribution is -2.21. The number of rotatable bonds is 2. The number of carbonyl (C=O) groups is 1. The van der Waals surface area contributed by atoms with Crippen LogP contribution in [0.2, 0.25) is 0 Å². The van der Waals surface area contributed by atoms with Gasteiger partial charge in [0.1, 0.15) is 17.3 Å². The van der Waals surface area contributed by atoms with Gasteiger partial charge in [0.2, 0.25) is 0 Å². The highest BCUT2D eigenvalue weighted by Crippen LogP contribution is 2.34. The minimum absolute atomic E-state index is 0.174. The molecule has 0 spiro atoms. The number of carbonyl (C=O) groups excluding carboxylic acids is 1. The molecular weight excluding hydrogens is 338 g/mol. The van der Waals surface area contributed by atoms with Crippen molar-refractivity contribution in [2.75, 3.05) is 0 Å². The Hall–Kier alpha value is -2.76. The lowest BCUT2D eigenvalue weighted by molar-refractivity contribution is 0.103. The van der Waals surface area contributed by atoms with Crippen molar-refractivity contribution in [3.05, 3.63) is 74.8 Å². The fourth-order valence-electron chi connectivity index (χ4n) is 4.07. The standard InChI is InChI=1S/C20H18F2N2O2/c1-10-7-11(2)18-16(8-10)23-20-14(5-6-17(25)24(18)20)19(26)13-4-3-12(21)9-15(13)22/h3-6,9-11,23H,7-8H2,1-2H3. The van der Waals surface area contributed by atoms with Crippen molar-refractivity contribution < 1.29 is 13.6 Å². The molecule has 1 aliphatic carbocycles. The lowest BCUT2D eigenvalue weighted by atomic mass is 9.84. The Balaban J connectivity index is 1.95. The van der Waals surface area contributed by atoms with Crippen LogP contribution in [0.25, 0.3) is 5.65 Å². The molecule has 0 bridgehead atoms. The van der Waals surface area contributed by atoms with Gasteiger partial charge in [0, 0.05) is 23.5 Å². The highest BCUT2D eigenvalue weighted by molar-refractivity contribution is 6.12. The number of benzene rings is 1. The van der Waals surface area contributed by atoms with Gasteiger partial charge in [-0.05, 0) is 42.9 Å². The number of pyridine rings is 1. The average molecular weight is 356 g/mol. The number of aromatic amines is 1. The molecule has 26 heavy (non-hydrogen) atoms. The molecule has 2 heterocycles. The Morgan fingerprint density at radius 3 is 2.62 bits per heavy atom. The summed E-state index contributed by atoms with van der Waals surface area (Å²) >= 11 is 0. The highest BCUT2D eigenvalue weighted by Gasteiger charge is 2.28. The number of ketones is 1. The molecule has 2 aromatic heterocycles. The summed E-state index contributed by atoms with van der Waals surface area (Å²) in [7, 11) is 0. The van der Waals surface area contributed by atoms with Gasteiger partial charge in [-0.15, -0.1) is 0 Å². The van der Waals surface area contributed by atoms with E-state index in [1.807, 2.05) is 0 Å². The van der Waals surface area contributed by atoms with E-state index in [4.69, 9.17) is 0 Å². The van der Waals surface area contributed by atoms with E-state index in [9.17, 15) is 18.4 Å².